The summed E-state index contributed by atoms with van der Waals surface area (Å²) in [5, 5.41) is 2.74. The van der Waals surface area contributed by atoms with Crippen molar-refractivity contribution < 1.29 is 19.1 Å². The third-order valence-electron chi connectivity index (χ3n) is 3.58. The Bertz CT molecular complexity index is 523. The molecule has 0 aliphatic carbocycles. The Morgan fingerprint density at radius 1 is 1.04 bits per heavy atom. The van der Waals surface area contributed by atoms with Crippen LogP contribution in [-0.4, -0.2) is 31.6 Å². The lowest BCUT2D eigenvalue weighted by Crippen LogP contribution is -2.42. The lowest BCUT2D eigenvalue weighted by molar-refractivity contribution is -0.143. The molecule has 0 aliphatic rings. The Balaban J connectivity index is 2.64. The molecule has 0 aliphatic heterocycles. The standard InChI is InChI=1S/C19H29NO4/c1-13(2)10-11-24-16-8-6-15(7-9-16)18(21)20-17(12-14(3)4)19(22)23-5/h6-9,13-14,17H,10-12H2,1-5H3,(H,20,21). The normalized spacial score (nSPS) is 12.1. The highest BCUT2D eigenvalue weighted by atomic mass is 16.5. The van der Waals surface area contributed by atoms with Crippen LogP contribution >= 0.6 is 0 Å². The predicted octanol–water partition coefficient (Wildman–Crippen LogP) is 3.43. The zero-order valence-electron chi connectivity index (χ0n) is 15.3. The molecule has 0 spiro atoms. The van der Waals surface area contributed by atoms with Gasteiger partial charge in [-0.05, 0) is 48.9 Å². The molecule has 0 aromatic heterocycles. The molecule has 0 radical (unpaired) electrons. The van der Waals surface area contributed by atoms with E-state index in [9.17, 15) is 9.59 Å². The first kappa shape index (κ1) is 20.0. The van der Waals surface area contributed by atoms with Crippen molar-refractivity contribution >= 4 is 11.9 Å². The van der Waals surface area contributed by atoms with E-state index in [0.29, 0.717) is 24.5 Å². The molecule has 1 aromatic rings. The van der Waals surface area contributed by atoms with E-state index < -0.39 is 12.0 Å². The molecule has 1 aromatic carbocycles. The highest BCUT2D eigenvalue weighted by molar-refractivity contribution is 5.96. The number of carbonyl (C=O) groups excluding carboxylic acids is 2. The molecule has 1 atom stereocenters. The van der Waals surface area contributed by atoms with Crippen molar-refractivity contribution in [3.63, 3.8) is 0 Å². The fraction of sp³-hybridized carbons (Fsp3) is 0.579. The van der Waals surface area contributed by atoms with Crippen LogP contribution in [0.15, 0.2) is 24.3 Å². The lowest BCUT2D eigenvalue weighted by Gasteiger charge is -2.18. The van der Waals surface area contributed by atoms with Crippen LogP contribution in [0.2, 0.25) is 0 Å². The number of hydrogen-bond acceptors (Lipinski definition) is 4. The van der Waals surface area contributed by atoms with Crippen LogP contribution in [0, 0.1) is 11.8 Å². The number of hydrogen-bond donors (Lipinski definition) is 1. The summed E-state index contributed by atoms with van der Waals surface area (Å²) in [7, 11) is 1.32. The van der Waals surface area contributed by atoms with Crippen molar-refractivity contribution in [3.8, 4) is 5.75 Å². The zero-order chi connectivity index (χ0) is 18.1. The van der Waals surface area contributed by atoms with Crippen LogP contribution in [0.25, 0.3) is 0 Å². The fourth-order valence-electron chi connectivity index (χ4n) is 2.18. The molecule has 1 amide bonds. The van der Waals surface area contributed by atoms with Gasteiger partial charge in [0.2, 0.25) is 0 Å². The second-order valence-corrected chi connectivity index (χ2v) is 6.73. The Morgan fingerprint density at radius 2 is 1.67 bits per heavy atom. The smallest absolute Gasteiger partial charge is 0.328 e. The van der Waals surface area contributed by atoms with E-state index in [4.69, 9.17) is 9.47 Å². The van der Waals surface area contributed by atoms with Crippen molar-refractivity contribution in [1.82, 2.24) is 5.32 Å². The van der Waals surface area contributed by atoms with Gasteiger partial charge in [-0.1, -0.05) is 27.7 Å². The van der Waals surface area contributed by atoms with Gasteiger partial charge in [-0.2, -0.15) is 0 Å². The van der Waals surface area contributed by atoms with Gasteiger partial charge in [0, 0.05) is 5.56 Å². The maximum absolute atomic E-state index is 12.3. The van der Waals surface area contributed by atoms with Crippen LogP contribution in [-0.2, 0) is 9.53 Å². The Hall–Kier alpha value is -2.04. The maximum Gasteiger partial charge on any atom is 0.328 e. The summed E-state index contributed by atoms with van der Waals surface area (Å²) < 4.78 is 10.4. The largest absolute Gasteiger partial charge is 0.494 e. The molecule has 5 nitrogen and oxygen atoms in total. The third-order valence-corrected chi connectivity index (χ3v) is 3.58. The van der Waals surface area contributed by atoms with E-state index in [1.165, 1.54) is 7.11 Å². The number of rotatable bonds is 9. The van der Waals surface area contributed by atoms with E-state index in [1.807, 2.05) is 13.8 Å². The molecule has 24 heavy (non-hydrogen) atoms. The van der Waals surface area contributed by atoms with E-state index in [1.54, 1.807) is 24.3 Å². The molecule has 1 N–H and O–H groups in total. The highest BCUT2D eigenvalue weighted by Gasteiger charge is 2.23. The minimum atomic E-state index is -0.635. The molecule has 0 bridgehead atoms. The zero-order valence-corrected chi connectivity index (χ0v) is 15.3. The summed E-state index contributed by atoms with van der Waals surface area (Å²) in [6, 6.07) is 6.30. The van der Waals surface area contributed by atoms with Crippen molar-refractivity contribution in [2.24, 2.45) is 11.8 Å². The predicted molar refractivity (Wildman–Crippen MR) is 94.1 cm³/mol. The van der Waals surface area contributed by atoms with Crippen LogP contribution in [0.5, 0.6) is 5.75 Å². The summed E-state index contributed by atoms with van der Waals surface area (Å²) >= 11 is 0. The van der Waals surface area contributed by atoms with Gasteiger partial charge in [0.15, 0.2) is 0 Å². The highest BCUT2D eigenvalue weighted by Crippen LogP contribution is 2.14. The molecule has 0 saturated heterocycles. The Morgan fingerprint density at radius 3 is 2.17 bits per heavy atom. The summed E-state index contributed by atoms with van der Waals surface area (Å²) in [4.78, 5) is 24.1. The first-order valence-electron chi connectivity index (χ1n) is 8.45. The van der Waals surface area contributed by atoms with Gasteiger partial charge >= 0.3 is 5.97 Å². The van der Waals surface area contributed by atoms with Gasteiger partial charge in [-0.15, -0.1) is 0 Å². The van der Waals surface area contributed by atoms with Crippen LogP contribution < -0.4 is 10.1 Å². The topological polar surface area (TPSA) is 64.6 Å². The van der Waals surface area contributed by atoms with Crippen LogP contribution in [0.3, 0.4) is 0 Å². The first-order valence-corrected chi connectivity index (χ1v) is 8.45. The van der Waals surface area contributed by atoms with Gasteiger partial charge in [-0.25, -0.2) is 4.79 Å². The molecule has 0 saturated carbocycles. The Labute approximate surface area is 144 Å². The monoisotopic (exact) mass is 335 g/mol. The maximum atomic E-state index is 12.3. The van der Waals surface area contributed by atoms with Crippen molar-refractivity contribution in [1.29, 1.82) is 0 Å². The number of ether oxygens (including phenoxy) is 2. The van der Waals surface area contributed by atoms with Gasteiger partial charge in [0.1, 0.15) is 11.8 Å². The second-order valence-electron chi connectivity index (χ2n) is 6.73. The molecule has 0 heterocycles. The molecular weight excluding hydrogens is 306 g/mol. The SMILES string of the molecule is COC(=O)C(CC(C)C)NC(=O)c1ccc(OCCC(C)C)cc1. The number of methoxy groups -OCH3 is 1. The van der Waals surface area contributed by atoms with Gasteiger partial charge in [-0.3, -0.25) is 4.79 Å². The number of carbonyl (C=O) groups is 2. The van der Waals surface area contributed by atoms with Gasteiger partial charge < -0.3 is 14.8 Å². The summed E-state index contributed by atoms with van der Waals surface area (Å²) in [5.41, 5.74) is 0.490. The van der Waals surface area contributed by atoms with Crippen molar-refractivity contribution in [2.75, 3.05) is 13.7 Å². The second kappa shape index (κ2) is 9.96. The third kappa shape index (κ3) is 7.02. The lowest BCUT2D eigenvalue weighted by atomic mass is 10.0. The van der Waals surface area contributed by atoms with E-state index in [0.717, 1.165) is 12.2 Å². The van der Waals surface area contributed by atoms with Crippen molar-refractivity contribution in [3.05, 3.63) is 29.8 Å². The average molecular weight is 335 g/mol. The molecule has 134 valence electrons. The average Bonchev–Trinajstić information content (AvgIpc) is 2.53. The number of amides is 1. The van der Waals surface area contributed by atoms with Crippen LogP contribution in [0.1, 0.15) is 50.9 Å². The minimum absolute atomic E-state index is 0.270. The fourth-order valence-corrected chi connectivity index (χ4v) is 2.18. The molecule has 0 fully saturated rings. The van der Waals surface area contributed by atoms with Gasteiger partial charge in [0.05, 0.1) is 13.7 Å². The Kier molecular flexibility index (Phi) is 8.30. The first-order chi connectivity index (χ1) is 11.3. The minimum Gasteiger partial charge on any atom is -0.494 e. The van der Waals surface area contributed by atoms with E-state index >= 15 is 0 Å². The number of nitrogens with one attached hydrogen (secondary N) is 1. The molecule has 1 rings (SSSR count). The van der Waals surface area contributed by atoms with E-state index in [2.05, 4.69) is 19.2 Å². The quantitative estimate of drug-likeness (QED) is 0.702. The number of esters is 1. The molecule has 5 heteroatoms. The van der Waals surface area contributed by atoms with E-state index in [-0.39, 0.29) is 11.8 Å². The summed E-state index contributed by atoms with van der Waals surface area (Å²) in [5.74, 6) is 0.877. The van der Waals surface area contributed by atoms with Gasteiger partial charge in [0.25, 0.3) is 5.91 Å². The molecule has 1 unspecified atom stereocenters. The van der Waals surface area contributed by atoms with Crippen molar-refractivity contribution in [2.45, 2.75) is 46.6 Å². The van der Waals surface area contributed by atoms with Crippen LogP contribution in [0.4, 0.5) is 0 Å². The summed E-state index contributed by atoms with van der Waals surface area (Å²) in [6.07, 6.45) is 1.52. The molecular formula is C19H29NO4. The number of benzene rings is 1. The summed E-state index contributed by atoms with van der Waals surface area (Å²) in [6.45, 7) is 8.93.